The van der Waals surface area contributed by atoms with Crippen LogP contribution in [0.3, 0.4) is 0 Å². The van der Waals surface area contributed by atoms with Crippen molar-refractivity contribution in [2.45, 2.75) is 18.9 Å². The predicted octanol–water partition coefficient (Wildman–Crippen LogP) is 3.84. The molecule has 1 unspecified atom stereocenters. The van der Waals surface area contributed by atoms with E-state index in [1.165, 1.54) is 0 Å². The molecule has 1 heterocycles. The molecule has 1 aliphatic rings. The highest BCUT2D eigenvalue weighted by atomic mass is 127. The van der Waals surface area contributed by atoms with Crippen molar-refractivity contribution < 1.29 is 19.1 Å². The molecule has 2 N–H and O–H groups in total. The van der Waals surface area contributed by atoms with E-state index in [2.05, 4.69) is 55.8 Å². The molecule has 2 aromatic rings. The summed E-state index contributed by atoms with van der Waals surface area (Å²) >= 11 is 4.42. The first-order valence-corrected chi connectivity index (χ1v) is 9.90. The minimum Gasteiger partial charge on any atom is -0.497 e. The Balaban J connectivity index is 1.82. The largest absolute Gasteiger partial charge is 0.497 e. The maximum absolute atomic E-state index is 12.0. The maximum atomic E-state index is 12.0. The summed E-state index contributed by atoms with van der Waals surface area (Å²) in [7, 11) is 1.62. The van der Waals surface area contributed by atoms with E-state index in [0.29, 0.717) is 12.2 Å². The second kappa shape index (κ2) is 7.59. The molecule has 3 rings (SSSR count). The van der Waals surface area contributed by atoms with Gasteiger partial charge in [-0.15, -0.1) is 0 Å². The molecular formula is C18H16I2N2O4. The first-order chi connectivity index (χ1) is 12.3. The second-order valence-electron chi connectivity index (χ2n) is 6.08. The number of halogens is 2. The highest BCUT2D eigenvalue weighted by molar-refractivity contribution is 14.1. The molecule has 1 aliphatic heterocycles. The molecule has 0 radical (unpaired) electrons. The number of nitrogens with one attached hydrogen (secondary N) is 2. The van der Waals surface area contributed by atoms with Gasteiger partial charge in [-0.2, -0.15) is 0 Å². The van der Waals surface area contributed by atoms with Gasteiger partial charge in [-0.25, -0.2) is 4.79 Å². The van der Waals surface area contributed by atoms with Gasteiger partial charge >= 0.3 is 6.03 Å². The molecule has 0 aliphatic carbocycles. The van der Waals surface area contributed by atoms with Crippen molar-refractivity contribution in [1.82, 2.24) is 10.6 Å². The normalized spacial score (nSPS) is 19.1. The molecule has 8 heteroatoms. The van der Waals surface area contributed by atoms with Gasteiger partial charge in [0.2, 0.25) is 0 Å². The fourth-order valence-electron chi connectivity index (χ4n) is 2.69. The predicted molar refractivity (Wildman–Crippen MR) is 114 cm³/mol. The van der Waals surface area contributed by atoms with E-state index < -0.39 is 11.6 Å². The van der Waals surface area contributed by atoms with Crippen LogP contribution in [-0.2, 0) is 11.2 Å². The molecule has 6 nitrogen and oxygen atoms in total. The molecule has 1 fully saturated rings. The SMILES string of the molecule is COc1ccc(Oc2c(I)cc(CC3(C)NC(=O)NC3=O)cc2I)cc1. The van der Waals surface area contributed by atoms with Gasteiger partial charge in [-0.1, -0.05) is 0 Å². The van der Waals surface area contributed by atoms with Crippen LogP contribution in [0.1, 0.15) is 12.5 Å². The monoisotopic (exact) mass is 578 g/mol. The van der Waals surface area contributed by atoms with E-state index in [9.17, 15) is 9.59 Å². The van der Waals surface area contributed by atoms with Gasteiger partial charge in [0.05, 0.1) is 14.3 Å². The first kappa shape index (κ1) is 19.2. The van der Waals surface area contributed by atoms with Crippen molar-refractivity contribution in [3.05, 3.63) is 49.1 Å². The summed E-state index contributed by atoms with van der Waals surface area (Å²) in [4.78, 5) is 23.4. The molecule has 0 bridgehead atoms. The van der Waals surface area contributed by atoms with Crippen LogP contribution < -0.4 is 20.1 Å². The zero-order valence-corrected chi connectivity index (χ0v) is 18.4. The van der Waals surface area contributed by atoms with Crippen LogP contribution in [0.5, 0.6) is 17.2 Å². The minimum atomic E-state index is -0.943. The Hall–Kier alpha value is -1.56. The lowest BCUT2D eigenvalue weighted by Gasteiger charge is -2.21. The van der Waals surface area contributed by atoms with Crippen molar-refractivity contribution in [3.63, 3.8) is 0 Å². The van der Waals surface area contributed by atoms with Gasteiger partial charge in [-0.3, -0.25) is 10.1 Å². The molecule has 1 saturated heterocycles. The number of hydrogen-bond acceptors (Lipinski definition) is 4. The maximum Gasteiger partial charge on any atom is 0.322 e. The molecule has 3 amide bonds. The standard InChI is InChI=1S/C18H16I2N2O4/c1-18(16(23)21-17(24)22-18)9-10-7-13(19)15(14(20)8-10)26-12-5-3-11(25-2)4-6-12/h3-8H,9H2,1-2H3,(H2,21,22,23,24). The Kier molecular flexibility index (Phi) is 5.61. The van der Waals surface area contributed by atoms with E-state index in [0.717, 1.165) is 24.2 Å². The second-order valence-corrected chi connectivity index (χ2v) is 8.41. The fraction of sp³-hybridized carbons (Fsp3) is 0.222. The number of benzene rings is 2. The summed E-state index contributed by atoms with van der Waals surface area (Å²) in [5, 5.41) is 4.97. The summed E-state index contributed by atoms with van der Waals surface area (Å²) in [6.45, 7) is 1.72. The van der Waals surface area contributed by atoms with Crippen LogP contribution in [0.15, 0.2) is 36.4 Å². The Morgan fingerprint density at radius 3 is 2.12 bits per heavy atom. The summed E-state index contributed by atoms with van der Waals surface area (Å²) in [6.07, 6.45) is 0.402. The third-order valence-electron chi connectivity index (χ3n) is 4.01. The van der Waals surface area contributed by atoms with Crippen molar-refractivity contribution in [2.75, 3.05) is 7.11 Å². The topological polar surface area (TPSA) is 76.7 Å². The average Bonchev–Trinajstić information content (AvgIpc) is 2.83. The molecule has 26 heavy (non-hydrogen) atoms. The summed E-state index contributed by atoms with van der Waals surface area (Å²) in [5.74, 6) is 1.92. The zero-order valence-electron chi connectivity index (χ0n) is 14.1. The molecule has 0 saturated carbocycles. The van der Waals surface area contributed by atoms with E-state index in [1.807, 2.05) is 36.4 Å². The number of rotatable bonds is 5. The number of urea groups is 1. The van der Waals surface area contributed by atoms with Crippen molar-refractivity contribution in [3.8, 4) is 17.2 Å². The van der Waals surface area contributed by atoms with Gasteiger partial charge in [0, 0.05) is 6.42 Å². The Labute approximate surface area is 178 Å². The number of carbonyl (C=O) groups excluding carboxylic acids is 2. The van der Waals surface area contributed by atoms with Crippen molar-refractivity contribution in [1.29, 1.82) is 0 Å². The summed E-state index contributed by atoms with van der Waals surface area (Å²) in [5.41, 5.74) is 0.00226. The number of methoxy groups -OCH3 is 1. The molecular weight excluding hydrogens is 562 g/mol. The lowest BCUT2D eigenvalue weighted by Crippen LogP contribution is -2.45. The van der Waals surface area contributed by atoms with Gasteiger partial charge in [0.25, 0.3) is 5.91 Å². The van der Waals surface area contributed by atoms with E-state index >= 15 is 0 Å². The fourth-order valence-corrected chi connectivity index (χ4v) is 4.80. The molecule has 136 valence electrons. The Morgan fingerprint density at radius 1 is 1.04 bits per heavy atom. The van der Waals surface area contributed by atoms with Gasteiger partial charge < -0.3 is 14.8 Å². The Morgan fingerprint density at radius 2 is 1.62 bits per heavy atom. The highest BCUT2D eigenvalue weighted by Crippen LogP contribution is 2.34. The highest BCUT2D eigenvalue weighted by Gasteiger charge is 2.41. The smallest absolute Gasteiger partial charge is 0.322 e. The lowest BCUT2D eigenvalue weighted by atomic mass is 9.93. The van der Waals surface area contributed by atoms with Crippen LogP contribution in [0.2, 0.25) is 0 Å². The zero-order chi connectivity index (χ0) is 18.9. The third kappa shape index (κ3) is 4.05. The number of carbonyl (C=O) groups is 2. The minimum absolute atomic E-state index is 0.314. The lowest BCUT2D eigenvalue weighted by molar-refractivity contribution is -0.123. The van der Waals surface area contributed by atoms with Crippen LogP contribution in [-0.4, -0.2) is 24.6 Å². The third-order valence-corrected chi connectivity index (χ3v) is 5.62. The van der Waals surface area contributed by atoms with Crippen LogP contribution in [0.4, 0.5) is 4.79 Å². The molecule has 2 aromatic carbocycles. The quantitative estimate of drug-likeness (QED) is 0.418. The van der Waals surface area contributed by atoms with Crippen LogP contribution in [0, 0.1) is 7.14 Å². The van der Waals surface area contributed by atoms with E-state index in [1.54, 1.807) is 14.0 Å². The number of amides is 3. The Bertz CT molecular complexity index is 847. The summed E-state index contributed by atoms with van der Waals surface area (Å²) in [6, 6.07) is 10.8. The van der Waals surface area contributed by atoms with Crippen LogP contribution >= 0.6 is 45.2 Å². The van der Waals surface area contributed by atoms with Gasteiger partial charge in [0.15, 0.2) is 5.75 Å². The average molecular weight is 578 g/mol. The van der Waals surface area contributed by atoms with Gasteiger partial charge in [0.1, 0.15) is 17.0 Å². The van der Waals surface area contributed by atoms with Gasteiger partial charge in [-0.05, 0) is 94.1 Å². The molecule has 0 aromatic heterocycles. The molecule has 0 spiro atoms. The van der Waals surface area contributed by atoms with E-state index in [4.69, 9.17) is 9.47 Å². The molecule has 1 atom stereocenters. The number of imide groups is 1. The number of hydrogen-bond donors (Lipinski definition) is 2. The summed E-state index contributed by atoms with van der Waals surface area (Å²) < 4.78 is 13.0. The number of ether oxygens (including phenoxy) is 2. The van der Waals surface area contributed by atoms with E-state index in [-0.39, 0.29) is 5.91 Å². The first-order valence-electron chi connectivity index (χ1n) is 7.74. The van der Waals surface area contributed by atoms with Crippen molar-refractivity contribution in [2.24, 2.45) is 0 Å². The van der Waals surface area contributed by atoms with Crippen molar-refractivity contribution >= 4 is 57.1 Å². The van der Waals surface area contributed by atoms with Crippen LogP contribution in [0.25, 0.3) is 0 Å².